The smallest absolute Gasteiger partial charge is 0.329 e. The summed E-state index contributed by atoms with van der Waals surface area (Å²) in [6.45, 7) is 13.0. The van der Waals surface area contributed by atoms with Gasteiger partial charge in [-0.05, 0) is 134 Å². The van der Waals surface area contributed by atoms with E-state index in [1.54, 1.807) is 41.5 Å². The Morgan fingerprint density at radius 3 is 1.95 bits per heavy atom. The van der Waals surface area contributed by atoms with E-state index >= 15 is 0 Å². The van der Waals surface area contributed by atoms with Gasteiger partial charge in [0.1, 0.15) is 35.9 Å². The molecule has 0 radical (unpaired) electrons. The summed E-state index contributed by atoms with van der Waals surface area (Å²) in [5.74, 6) is -2.21. The lowest BCUT2D eigenvalue weighted by Gasteiger charge is -2.28. The van der Waals surface area contributed by atoms with Gasteiger partial charge >= 0.3 is 23.9 Å². The Bertz CT molecular complexity index is 2000. The van der Waals surface area contributed by atoms with E-state index in [0.29, 0.717) is 31.7 Å². The van der Waals surface area contributed by atoms with Crippen LogP contribution in [-0.2, 0) is 51.2 Å². The van der Waals surface area contributed by atoms with Gasteiger partial charge in [-0.15, -0.1) is 0 Å². The number of esters is 3. The van der Waals surface area contributed by atoms with E-state index in [-0.39, 0.29) is 50.1 Å². The van der Waals surface area contributed by atoms with Crippen molar-refractivity contribution in [3.05, 3.63) is 83.4 Å². The number of urea groups is 1. The maximum Gasteiger partial charge on any atom is 0.329 e. The number of amides is 4. The third-order valence-corrected chi connectivity index (χ3v) is 10.8. The van der Waals surface area contributed by atoms with Crippen LogP contribution in [0.5, 0.6) is 0 Å². The van der Waals surface area contributed by atoms with Crippen molar-refractivity contribution in [3.8, 4) is 0 Å². The van der Waals surface area contributed by atoms with E-state index < -0.39 is 53.3 Å². The lowest BCUT2D eigenvalue weighted by Crippen LogP contribution is -2.52. The molecule has 3 aromatic rings. The first-order chi connectivity index (χ1) is 29.8. The number of carbonyl (C=O) groups is 6. The minimum atomic E-state index is -1.22. The molecule has 3 atom stereocenters. The van der Waals surface area contributed by atoms with Gasteiger partial charge in [0, 0.05) is 25.3 Å². The molecule has 0 aromatic heterocycles. The number of benzene rings is 3. The van der Waals surface area contributed by atoms with Gasteiger partial charge in [0.25, 0.3) is 0 Å². The second kappa shape index (κ2) is 23.8. The van der Waals surface area contributed by atoms with Crippen molar-refractivity contribution in [2.24, 2.45) is 17.6 Å². The minimum absolute atomic E-state index is 0.0236. The van der Waals surface area contributed by atoms with E-state index in [0.717, 1.165) is 53.1 Å². The molecule has 0 bridgehead atoms. The van der Waals surface area contributed by atoms with E-state index in [4.69, 9.17) is 19.9 Å². The van der Waals surface area contributed by atoms with Crippen molar-refractivity contribution in [2.75, 3.05) is 13.1 Å². The van der Waals surface area contributed by atoms with Crippen LogP contribution in [-0.4, -0.2) is 78.2 Å². The zero-order chi connectivity index (χ0) is 46.2. The number of nitrogens with one attached hydrogen (secondary N) is 4. The Balaban J connectivity index is 1.41. The van der Waals surface area contributed by atoms with Gasteiger partial charge in [-0.3, -0.25) is 14.4 Å². The highest BCUT2D eigenvalue weighted by Crippen LogP contribution is 2.28. The molecule has 14 nitrogen and oxygen atoms in total. The van der Waals surface area contributed by atoms with Crippen molar-refractivity contribution in [2.45, 2.75) is 149 Å². The van der Waals surface area contributed by atoms with E-state index in [1.807, 2.05) is 73.7 Å². The molecule has 4 rings (SSSR count). The van der Waals surface area contributed by atoms with Gasteiger partial charge in [-0.2, -0.15) is 0 Å². The third-order valence-electron chi connectivity index (χ3n) is 10.8. The van der Waals surface area contributed by atoms with Crippen molar-refractivity contribution < 1.29 is 43.0 Å². The molecule has 1 fully saturated rings. The van der Waals surface area contributed by atoms with Crippen LogP contribution in [0.4, 0.5) is 4.79 Å². The van der Waals surface area contributed by atoms with Gasteiger partial charge in [-0.1, -0.05) is 72.3 Å². The first-order valence-corrected chi connectivity index (χ1v) is 22.3. The number of unbranched alkanes of at least 4 members (excludes halogenated alkanes) is 1. The van der Waals surface area contributed by atoms with Crippen LogP contribution in [0.2, 0.25) is 0 Å². The Morgan fingerprint density at radius 1 is 0.698 bits per heavy atom. The molecule has 0 saturated heterocycles. The van der Waals surface area contributed by atoms with Crippen molar-refractivity contribution in [1.29, 1.82) is 0 Å². The normalized spacial score (nSPS) is 16.8. The average molecular weight is 872 g/mol. The standard InChI is InChI=1S/C49H69N5O9/c1-32-15-17-34(18-16-32)31-61-45(58)39(53-47(60)54-40(46(59)63-49(5,6)7)25-26-42(55)62-48(2,3)4)14-10-11-27-51-44(57)41(52-43(56)37-23-19-33(30-50)20-24-37)29-35-21-22-36-12-8-9-13-38(36)28-35/h8-9,12-13,15-18,21-22,28,33,37,39-41H,10-11,14,19-20,23-27,29-31,50H2,1-7H3,(H,51,57)(H,52,56)(H2,53,54,60). The van der Waals surface area contributed by atoms with Crippen LogP contribution in [0, 0.1) is 18.8 Å². The highest BCUT2D eigenvalue weighted by Gasteiger charge is 2.32. The summed E-state index contributed by atoms with van der Waals surface area (Å²) in [5.41, 5.74) is 7.00. The molecule has 1 aliphatic rings. The van der Waals surface area contributed by atoms with Gasteiger partial charge in [-0.25, -0.2) is 14.4 Å². The highest BCUT2D eigenvalue weighted by molar-refractivity contribution is 5.90. The zero-order valence-electron chi connectivity index (χ0n) is 38.2. The number of rotatable bonds is 20. The Hall–Kier alpha value is -5.50. The number of hydrogen-bond donors (Lipinski definition) is 5. The summed E-state index contributed by atoms with van der Waals surface area (Å²) in [5, 5.41) is 13.4. The van der Waals surface area contributed by atoms with Gasteiger partial charge in [0.15, 0.2) is 0 Å². The maximum atomic E-state index is 13.8. The summed E-state index contributed by atoms with van der Waals surface area (Å²) in [4.78, 5) is 80.0. The number of ether oxygens (including phenoxy) is 3. The van der Waals surface area contributed by atoms with E-state index in [2.05, 4.69) is 21.3 Å². The summed E-state index contributed by atoms with van der Waals surface area (Å²) in [6.07, 6.45) is 4.23. The molecule has 6 N–H and O–H groups in total. The van der Waals surface area contributed by atoms with Crippen LogP contribution >= 0.6 is 0 Å². The molecule has 344 valence electrons. The van der Waals surface area contributed by atoms with Crippen LogP contribution in [0.1, 0.15) is 116 Å². The fraction of sp³-hybridized carbons (Fsp3) is 0.551. The Morgan fingerprint density at radius 2 is 1.32 bits per heavy atom. The van der Waals surface area contributed by atoms with Crippen LogP contribution in [0.3, 0.4) is 0 Å². The van der Waals surface area contributed by atoms with Crippen LogP contribution < -0.4 is 27.0 Å². The topological polar surface area (TPSA) is 204 Å². The fourth-order valence-corrected chi connectivity index (χ4v) is 7.39. The van der Waals surface area contributed by atoms with Gasteiger partial charge in [0.2, 0.25) is 11.8 Å². The largest absolute Gasteiger partial charge is 0.460 e. The zero-order valence-corrected chi connectivity index (χ0v) is 38.2. The van der Waals surface area contributed by atoms with Crippen LogP contribution in [0.25, 0.3) is 10.8 Å². The fourth-order valence-electron chi connectivity index (χ4n) is 7.39. The Labute approximate surface area is 372 Å². The SMILES string of the molecule is Cc1ccc(COC(=O)C(CCCCNC(=O)C(Cc2ccc3ccccc3c2)NC(=O)C2CCC(CN)CC2)NC(=O)NC(CCC(=O)OC(C)(C)C)C(=O)OC(C)(C)C)cc1. The highest BCUT2D eigenvalue weighted by atomic mass is 16.6. The molecule has 3 unspecified atom stereocenters. The molecule has 1 saturated carbocycles. The first-order valence-electron chi connectivity index (χ1n) is 22.3. The van der Waals surface area contributed by atoms with Crippen molar-refractivity contribution in [1.82, 2.24) is 21.3 Å². The first kappa shape index (κ1) is 50.1. The number of aryl methyl sites for hydroxylation is 1. The van der Waals surface area contributed by atoms with Gasteiger partial charge in [0.05, 0.1) is 0 Å². The van der Waals surface area contributed by atoms with E-state index in [1.165, 1.54) is 0 Å². The number of fused-ring (bicyclic) bond motifs is 1. The number of hydrogen-bond acceptors (Lipinski definition) is 10. The monoisotopic (exact) mass is 872 g/mol. The third kappa shape index (κ3) is 18.0. The molecule has 0 aliphatic heterocycles. The van der Waals surface area contributed by atoms with Crippen molar-refractivity contribution >= 4 is 46.5 Å². The summed E-state index contributed by atoms with van der Waals surface area (Å²) in [7, 11) is 0. The number of nitrogens with two attached hydrogens (primary N) is 1. The molecule has 14 heteroatoms. The second-order valence-corrected chi connectivity index (χ2v) is 18.7. The predicted molar refractivity (Wildman–Crippen MR) is 242 cm³/mol. The average Bonchev–Trinajstić information content (AvgIpc) is 3.22. The quantitative estimate of drug-likeness (QED) is 0.0476. The molecule has 3 aromatic carbocycles. The molecule has 0 spiro atoms. The molecule has 4 amide bonds. The molecule has 1 aliphatic carbocycles. The van der Waals surface area contributed by atoms with Crippen molar-refractivity contribution in [3.63, 3.8) is 0 Å². The molecule has 63 heavy (non-hydrogen) atoms. The summed E-state index contributed by atoms with van der Waals surface area (Å²) in [6, 6.07) is 17.5. The molecular formula is C49H69N5O9. The molecular weight excluding hydrogens is 803 g/mol. The number of carbonyl (C=O) groups excluding carboxylic acids is 6. The van der Waals surface area contributed by atoms with Gasteiger partial charge < -0.3 is 41.2 Å². The maximum absolute atomic E-state index is 13.8. The minimum Gasteiger partial charge on any atom is -0.460 e. The summed E-state index contributed by atoms with van der Waals surface area (Å²) < 4.78 is 16.6. The van der Waals surface area contributed by atoms with Crippen LogP contribution in [0.15, 0.2) is 66.7 Å². The summed E-state index contributed by atoms with van der Waals surface area (Å²) >= 11 is 0. The predicted octanol–water partition coefficient (Wildman–Crippen LogP) is 6.47. The Kier molecular flexibility index (Phi) is 19.0. The second-order valence-electron chi connectivity index (χ2n) is 18.7. The lowest BCUT2D eigenvalue weighted by molar-refractivity contribution is -0.158. The van der Waals surface area contributed by atoms with E-state index in [9.17, 15) is 28.8 Å². The molecule has 0 heterocycles. The lowest BCUT2D eigenvalue weighted by atomic mass is 9.81.